The van der Waals surface area contributed by atoms with Crippen molar-refractivity contribution in [2.24, 2.45) is 11.3 Å². The van der Waals surface area contributed by atoms with E-state index in [1.54, 1.807) is 23.2 Å². The smallest absolute Gasteiger partial charge is 0.276 e. The van der Waals surface area contributed by atoms with Crippen LogP contribution in [0.25, 0.3) is 5.69 Å². The highest BCUT2D eigenvalue weighted by atomic mass is 19.1. The van der Waals surface area contributed by atoms with Gasteiger partial charge in [-0.2, -0.15) is 0 Å². The molecule has 4 rings (SSSR count). The van der Waals surface area contributed by atoms with Crippen LogP contribution in [0.4, 0.5) is 4.39 Å². The molecule has 1 saturated carbocycles. The molecule has 7 heteroatoms. The summed E-state index contributed by atoms with van der Waals surface area (Å²) in [5, 5.41) is 8.00. The molecule has 6 nitrogen and oxygen atoms in total. The fourth-order valence-electron chi connectivity index (χ4n) is 4.47. The van der Waals surface area contributed by atoms with E-state index in [1.165, 1.54) is 16.8 Å². The first-order valence-electron chi connectivity index (χ1n) is 8.46. The van der Waals surface area contributed by atoms with Gasteiger partial charge in [0.1, 0.15) is 5.82 Å². The lowest BCUT2D eigenvalue weighted by Gasteiger charge is -2.57. The fraction of sp³-hybridized carbons (Fsp3) is 0.500. The molecule has 2 heterocycles. The summed E-state index contributed by atoms with van der Waals surface area (Å²) in [7, 11) is 1.82. The molecular formula is C18H21FN4O2. The zero-order valence-corrected chi connectivity index (χ0v) is 14.5. The third kappa shape index (κ3) is 2.45. The van der Waals surface area contributed by atoms with Crippen LogP contribution in [-0.2, 0) is 4.74 Å². The van der Waals surface area contributed by atoms with Crippen LogP contribution in [0.5, 0.6) is 0 Å². The van der Waals surface area contributed by atoms with E-state index in [-0.39, 0.29) is 35.0 Å². The van der Waals surface area contributed by atoms with Crippen LogP contribution in [0.15, 0.2) is 30.5 Å². The van der Waals surface area contributed by atoms with Gasteiger partial charge in [0.25, 0.3) is 5.91 Å². The average molecular weight is 344 g/mol. The number of halogens is 1. The van der Waals surface area contributed by atoms with Crippen LogP contribution in [0.3, 0.4) is 0 Å². The topological polar surface area (TPSA) is 60.2 Å². The molecule has 0 N–H and O–H groups in total. The molecule has 0 radical (unpaired) electrons. The van der Waals surface area contributed by atoms with Crippen LogP contribution < -0.4 is 0 Å². The Morgan fingerprint density at radius 3 is 2.80 bits per heavy atom. The fourth-order valence-corrected chi connectivity index (χ4v) is 4.47. The minimum atomic E-state index is -0.319. The number of hydrogen-bond acceptors (Lipinski definition) is 4. The van der Waals surface area contributed by atoms with E-state index in [0.717, 1.165) is 13.0 Å². The Morgan fingerprint density at radius 2 is 2.08 bits per heavy atom. The summed E-state index contributed by atoms with van der Waals surface area (Å²) in [6.45, 7) is 5.05. The largest absolute Gasteiger partial charge is 0.377 e. The Hall–Kier alpha value is -2.28. The second kappa shape index (κ2) is 5.62. The number of carbonyl (C=O) groups excluding carboxylic acids is 1. The third-order valence-electron chi connectivity index (χ3n) is 5.58. The number of hydrogen-bond donors (Lipinski definition) is 0. The number of nitrogens with zero attached hydrogens (tertiary/aromatic N) is 4. The number of rotatable bonds is 3. The van der Waals surface area contributed by atoms with Crippen molar-refractivity contribution in [3.8, 4) is 5.69 Å². The minimum absolute atomic E-state index is 0.0709. The van der Waals surface area contributed by atoms with E-state index in [1.807, 2.05) is 7.05 Å². The normalized spacial score (nSPS) is 26.8. The van der Waals surface area contributed by atoms with Crippen molar-refractivity contribution < 1.29 is 13.9 Å². The van der Waals surface area contributed by atoms with Gasteiger partial charge in [-0.3, -0.25) is 4.79 Å². The van der Waals surface area contributed by atoms with E-state index in [2.05, 4.69) is 24.2 Å². The first kappa shape index (κ1) is 16.2. The molecule has 1 aromatic carbocycles. The Labute approximate surface area is 145 Å². The molecule has 2 fully saturated rings. The molecule has 1 saturated heterocycles. The van der Waals surface area contributed by atoms with Gasteiger partial charge in [-0.1, -0.05) is 19.1 Å². The molecule has 0 spiro atoms. The van der Waals surface area contributed by atoms with Gasteiger partial charge in [0.15, 0.2) is 5.69 Å². The molecule has 1 aromatic heterocycles. The van der Waals surface area contributed by atoms with Crippen LogP contribution >= 0.6 is 0 Å². The minimum Gasteiger partial charge on any atom is -0.377 e. The van der Waals surface area contributed by atoms with Crippen LogP contribution in [-0.4, -0.2) is 51.6 Å². The zero-order chi connectivity index (χ0) is 17.8. The van der Waals surface area contributed by atoms with Crippen molar-refractivity contribution in [1.29, 1.82) is 0 Å². The summed E-state index contributed by atoms with van der Waals surface area (Å²) in [4.78, 5) is 14.6. The van der Waals surface area contributed by atoms with Crippen molar-refractivity contribution in [2.45, 2.75) is 32.4 Å². The highest BCUT2D eigenvalue weighted by Crippen LogP contribution is 2.54. The maximum Gasteiger partial charge on any atom is 0.276 e. The Balaban J connectivity index is 1.54. The van der Waals surface area contributed by atoms with Gasteiger partial charge in [0.2, 0.25) is 0 Å². The van der Waals surface area contributed by atoms with Gasteiger partial charge in [-0.15, -0.1) is 5.10 Å². The van der Waals surface area contributed by atoms with Crippen LogP contribution in [0.1, 0.15) is 30.8 Å². The number of carbonyl (C=O) groups is 1. The van der Waals surface area contributed by atoms with Gasteiger partial charge in [-0.25, -0.2) is 9.07 Å². The second-order valence-corrected chi connectivity index (χ2v) is 7.45. The van der Waals surface area contributed by atoms with E-state index >= 15 is 0 Å². The van der Waals surface area contributed by atoms with Crippen molar-refractivity contribution in [3.05, 3.63) is 42.0 Å². The van der Waals surface area contributed by atoms with Crippen molar-refractivity contribution in [1.82, 2.24) is 19.9 Å². The molecule has 1 aliphatic heterocycles. The molecule has 1 aliphatic carbocycles. The number of aromatic nitrogens is 3. The van der Waals surface area contributed by atoms with E-state index in [9.17, 15) is 9.18 Å². The number of amides is 1. The lowest BCUT2D eigenvalue weighted by Crippen LogP contribution is -2.66. The molecule has 25 heavy (non-hydrogen) atoms. The highest BCUT2D eigenvalue weighted by Gasteiger charge is 2.61. The van der Waals surface area contributed by atoms with Crippen molar-refractivity contribution >= 4 is 5.91 Å². The first-order valence-corrected chi connectivity index (χ1v) is 8.46. The Kier molecular flexibility index (Phi) is 3.64. The third-order valence-corrected chi connectivity index (χ3v) is 5.58. The maximum atomic E-state index is 13.0. The average Bonchev–Trinajstić information content (AvgIpc) is 3.23. The molecule has 132 valence electrons. The summed E-state index contributed by atoms with van der Waals surface area (Å²) in [5.41, 5.74) is 0.868. The lowest BCUT2D eigenvalue weighted by atomic mass is 9.57. The summed E-state index contributed by atoms with van der Waals surface area (Å²) in [6.07, 6.45) is 2.79. The Bertz CT molecular complexity index is 802. The quantitative estimate of drug-likeness (QED) is 0.857. The SMILES string of the molecule is CN(C(=O)c1cn(-c2ccc(F)cc2)nn1)[C@@H]1[C@@H]2CCO[C@@H]2C1(C)C. The molecule has 2 aromatic rings. The summed E-state index contributed by atoms with van der Waals surface area (Å²) in [5.74, 6) is -0.0895. The summed E-state index contributed by atoms with van der Waals surface area (Å²) < 4.78 is 20.3. The maximum absolute atomic E-state index is 13.0. The Morgan fingerprint density at radius 1 is 1.36 bits per heavy atom. The van der Waals surface area contributed by atoms with E-state index in [0.29, 0.717) is 11.6 Å². The second-order valence-electron chi connectivity index (χ2n) is 7.45. The highest BCUT2D eigenvalue weighted by molar-refractivity contribution is 5.92. The molecular weight excluding hydrogens is 323 g/mol. The molecule has 0 unspecified atom stereocenters. The lowest BCUT2D eigenvalue weighted by molar-refractivity contribution is -0.139. The van der Waals surface area contributed by atoms with Crippen molar-refractivity contribution in [2.75, 3.05) is 13.7 Å². The van der Waals surface area contributed by atoms with Gasteiger partial charge >= 0.3 is 0 Å². The summed E-state index contributed by atoms with van der Waals surface area (Å²) >= 11 is 0. The zero-order valence-electron chi connectivity index (χ0n) is 14.5. The van der Waals surface area contributed by atoms with E-state index < -0.39 is 0 Å². The predicted octanol–water partition coefficient (Wildman–Crippen LogP) is 2.29. The van der Waals surface area contributed by atoms with Gasteiger partial charge < -0.3 is 9.64 Å². The summed E-state index contributed by atoms with van der Waals surface area (Å²) in [6, 6.07) is 6.02. The van der Waals surface area contributed by atoms with Crippen LogP contribution in [0.2, 0.25) is 0 Å². The van der Waals surface area contributed by atoms with Gasteiger partial charge in [-0.05, 0) is 30.7 Å². The van der Waals surface area contributed by atoms with Crippen molar-refractivity contribution in [3.63, 3.8) is 0 Å². The molecule has 2 aliphatic rings. The number of benzene rings is 1. The first-order chi connectivity index (χ1) is 11.9. The molecule has 0 bridgehead atoms. The molecule has 3 atom stereocenters. The molecule has 1 amide bonds. The van der Waals surface area contributed by atoms with Gasteiger partial charge in [0.05, 0.1) is 18.0 Å². The predicted molar refractivity (Wildman–Crippen MR) is 88.8 cm³/mol. The standard InChI is InChI=1S/C18H21FN4O2/c1-18(2)15(13-8-9-25-16(13)18)22(3)17(24)14-10-23(21-20-14)12-6-4-11(19)5-7-12/h4-7,10,13,15-16H,8-9H2,1-3H3/t13-,15+,16-/m0/s1. The number of fused-ring (bicyclic) bond motifs is 1. The number of ether oxygens (including phenoxy) is 1. The van der Waals surface area contributed by atoms with Gasteiger partial charge in [0, 0.05) is 31.0 Å². The van der Waals surface area contributed by atoms with Crippen LogP contribution in [0, 0.1) is 17.2 Å². The van der Waals surface area contributed by atoms with E-state index in [4.69, 9.17) is 4.74 Å². The monoisotopic (exact) mass is 344 g/mol.